The fourth-order valence-electron chi connectivity index (χ4n) is 3.18. The summed E-state index contributed by atoms with van der Waals surface area (Å²) in [5.41, 5.74) is 7.47. The summed E-state index contributed by atoms with van der Waals surface area (Å²) >= 11 is 0. The SMILES string of the molecule is Nc1ccccc1N1CC2CCC(F)(F)C2C1. The van der Waals surface area contributed by atoms with Crippen molar-refractivity contribution >= 4 is 11.4 Å². The number of para-hydroxylation sites is 2. The van der Waals surface area contributed by atoms with Crippen LogP contribution in [0, 0.1) is 11.8 Å². The molecule has 1 aromatic carbocycles. The monoisotopic (exact) mass is 238 g/mol. The van der Waals surface area contributed by atoms with E-state index < -0.39 is 11.8 Å². The lowest BCUT2D eigenvalue weighted by molar-refractivity contribution is -0.0351. The average Bonchev–Trinajstić information content (AvgIpc) is 2.81. The van der Waals surface area contributed by atoms with Crippen molar-refractivity contribution in [2.45, 2.75) is 18.8 Å². The fourth-order valence-corrected chi connectivity index (χ4v) is 3.18. The molecule has 0 radical (unpaired) electrons. The molecule has 1 aromatic rings. The van der Waals surface area contributed by atoms with Gasteiger partial charge in [0.15, 0.2) is 0 Å². The Bertz CT molecular complexity index is 433. The van der Waals surface area contributed by atoms with Gasteiger partial charge in [-0.05, 0) is 24.5 Å². The van der Waals surface area contributed by atoms with Crippen molar-refractivity contribution in [1.82, 2.24) is 0 Å². The van der Waals surface area contributed by atoms with Gasteiger partial charge < -0.3 is 10.6 Å². The van der Waals surface area contributed by atoms with Gasteiger partial charge in [-0.25, -0.2) is 8.78 Å². The molecule has 3 rings (SSSR count). The van der Waals surface area contributed by atoms with Gasteiger partial charge in [0, 0.05) is 25.4 Å². The summed E-state index contributed by atoms with van der Waals surface area (Å²) < 4.78 is 27.3. The molecule has 0 amide bonds. The maximum atomic E-state index is 13.6. The molecular weight excluding hydrogens is 222 g/mol. The molecule has 1 saturated carbocycles. The number of benzene rings is 1. The molecule has 2 fully saturated rings. The summed E-state index contributed by atoms with van der Waals surface area (Å²) in [4.78, 5) is 2.01. The molecule has 2 N–H and O–H groups in total. The second-order valence-corrected chi connectivity index (χ2v) is 5.13. The lowest BCUT2D eigenvalue weighted by Gasteiger charge is -2.23. The first-order valence-electron chi connectivity index (χ1n) is 6.05. The summed E-state index contributed by atoms with van der Waals surface area (Å²) in [6.45, 7) is 1.15. The van der Waals surface area contributed by atoms with Gasteiger partial charge in [-0.1, -0.05) is 12.1 Å². The second-order valence-electron chi connectivity index (χ2n) is 5.13. The van der Waals surface area contributed by atoms with Gasteiger partial charge in [0.05, 0.1) is 11.4 Å². The Labute approximate surface area is 99.4 Å². The average molecular weight is 238 g/mol. The number of hydrogen-bond donors (Lipinski definition) is 1. The van der Waals surface area contributed by atoms with Crippen LogP contribution >= 0.6 is 0 Å². The lowest BCUT2D eigenvalue weighted by atomic mass is 9.99. The smallest absolute Gasteiger partial charge is 0.252 e. The zero-order valence-corrected chi connectivity index (χ0v) is 9.57. The van der Waals surface area contributed by atoms with E-state index in [4.69, 9.17) is 5.73 Å². The van der Waals surface area contributed by atoms with Gasteiger partial charge in [0.1, 0.15) is 0 Å². The van der Waals surface area contributed by atoms with Crippen LogP contribution in [0.1, 0.15) is 12.8 Å². The number of fused-ring (bicyclic) bond motifs is 1. The third-order valence-electron chi connectivity index (χ3n) is 4.11. The third-order valence-corrected chi connectivity index (χ3v) is 4.11. The summed E-state index contributed by atoms with van der Waals surface area (Å²) in [5, 5.41) is 0. The highest BCUT2D eigenvalue weighted by Crippen LogP contribution is 2.49. The van der Waals surface area contributed by atoms with Gasteiger partial charge in [-0.15, -0.1) is 0 Å². The predicted octanol–water partition coefficient (Wildman–Crippen LogP) is 2.75. The van der Waals surface area contributed by atoms with E-state index in [-0.39, 0.29) is 12.3 Å². The highest BCUT2D eigenvalue weighted by atomic mass is 19.3. The third kappa shape index (κ3) is 1.66. The molecule has 17 heavy (non-hydrogen) atoms. The Morgan fingerprint density at radius 1 is 1.24 bits per heavy atom. The molecule has 1 aliphatic heterocycles. The highest BCUT2D eigenvalue weighted by molar-refractivity contribution is 5.67. The van der Waals surface area contributed by atoms with Gasteiger partial charge >= 0.3 is 0 Å². The standard InChI is InChI=1S/C13H16F2N2/c14-13(15)6-5-9-7-17(8-10(9)13)12-4-2-1-3-11(12)16/h1-4,9-10H,5-8,16H2. The summed E-state index contributed by atoms with van der Waals surface area (Å²) in [6.07, 6.45) is 0.696. The topological polar surface area (TPSA) is 29.3 Å². The quantitative estimate of drug-likeness (QED) is 0.762. The summed E-state index contributed by atoms with van der Waals surface area (Å²) in [7, 11) is 0. The van der Waals surface area contributed by atoms with Crippen LogP contribution in [0.4, 0.5) is 20.2 Å². The number of alkyl halides is 2. The molecule has 2 atom stereocenters. The molecule has 0 spiro atoms. The van der Waals surface area contributed by atoms with E-state index in [1.165, 1.54) is 0 Å². The Morgan fingerprint density at radius 2 is 2.00 bits per heavy atom. The Kier molecular flexibility index (Phi) is 2.28. The van der Waals surface area contributed by atoms with Crippen LogP contribution in [0.25, 0.3) is 0 Å². The number of halogens is 2. The van der Waals surface area contributed by atoms with E-state index >= 15 is 0 Å². The number of hydrogen-bond acceptors (Lipinski definition) is 2. The zero-order chi connectivity index (χ0) is 12.0. The summed E-state index contributed by atoms with van der Waals surface area (Å²) in [5.74, 6) is -2.84. The Balaban J connectivity index is 1.84. The van der Waals surface area contributed by atoms with Crippen LogP contribution < -0.4 is 10.6 Å². The van der Waals surface area contributed by atoms with E-state index in [9.17, 15) is 8.78 Å². The van der Waals surface area contributed by atoms with Crippen LogP contribution in [0.3, 0.4) is 0 Å². The van der Waals surface area contributed by atoms with Crippen LogP contribution in [0.2, 0.25) is 0 Å². The fraction of sp³-hybridized carbons (Fsp3) is 0.538. The number of nitrogens with zero attached hydrogens (tertiary/aromatic N) is 1. The minimum absolute atomic E-state index is 0.0560. The normalized spacial score (nSPS) is 30.6. The molecule has 2 unspecified atom stereocenters. The maximum absolute atomic E-state index is 13.6. The van der Waals surface area contributed by atoms with Crippen molar-refractivity contribution < 1.29 is 8.78 Å². The summed E-state index contributed by atoms with van der Waals surface area (Å²) in [6, 6.07) is 7.50. The van der Waals surface area contributed by atoms with E-state index in [0.717, 1.165) is 5.69 Å². The van der Waals surface area contributed by atoms with E-state index in [1.807, 2.05) is 29.2 Å². The molecule has 0 aromatic heterocycles. The predicted molar refractivity (Wildman–Crippen MR) is 64.2 cm³/mol. The molecule has 4 heteroatoms. The van der Waals surface area contributed by atoms with Gasteiger partial charge in [0.25, 0.3) is 5.92 Å². The molecular formula is C13H16F2N2. The second kappa shape index (κ2) is 3.59. The molecule has 1 heterocycles. The van der Waals surface area contributed by atoms with E-state index in [0.29, 0.717) is 25.2 Å². The molecule has 2 nitrogen and oxygen atoms in total. The first kappa shape index (κ1) is 10.8. The lowest BCUT2D eigenvalue weighted by Crippen LogP contribution is -2.29. The number of nitrogens with two attached hydrogens (primary N) is 1. The molecule has 1 saturated heterocycles. The first-order chi connectivity index (χ1) is 8.08. The largest absolute Gasteiger partial charge is 0.397 e. The molecule has 1 aliphatic carbocycles. The number of rotatable bonds is 1. The molecule has 0 bridgehead atoms. The number of nitrogen functional groups attached to an aromatic ring is 1. The maximum Gasteiger partial charge on any atom is 0.252 e. The van der Waals surface area contributed by atoms with Gasteiger partial charge in [0.2, 0.25) is 0 Å². The Hall–Kier alpha value is -1.32. The van der Waals surface area contributed by atoms with Gasteiger partial charge in [-0.2, -0.15) is 0 Å². The molecule has 92 valence electrons. The van der Waals surface area contributed by atoms with Crippen LogP contribution in [0.15, 0.2) is 24.3 Å². The molecule has 2 aliphatic rings. The number of anilines is 2. The van der Waals surface area contributed by atoms with Crippen molar-refractivity contribution in [2.24, 2.45) is 11.8 Å². The van der Waals surface area contributed by atoms with Crippen molar-refractivity contribution in [3.63, 3.8) is 0 Å². The minimum atomic E-state index is -2.48. The van der Waals surface area contributed by atoms with Gasteiger partial charge in [-0.3, -0.25) is 0 Å². The minimum Gasteiger partial charge on any atom is -0.397 e. The van der Waals surface area contributed by atoms with Crippen molar-refractivity contribution in [2.75, 3.05) is 23.7 Å². The van der Waals surface area contributed by atoms with Crippen molar-refractivity contribution in [3.05, 3.63) is 24.3 Å². The van der Waals surface area contributed by atoms with Crippen molar-refractivity contribution in [3.8, 4) is 0 Å². The first-order valence-corrected chi connectivity index (χ1v) is 6.05. The van der Waals surface area contributed by atoms with Crippen LogP contribution in [-0.2, 0) is 0 Å². The van der Waals surface area contributed by atoms with Crippen LogP contribution in [0.5, 0.6) is 0 Å². The highest BCUT2D eigenvalue weighted by Gasteiger charge is 2.53. The van der Waals surface area contributed by atoms with Crippen LogP contribution in [-0.4, -0.2) is 19.0 Å². The van der Waals surface area contributed by atoms with E-state index in [2.05, 4.69) is 0 Å². The van der Waals surface area contributed by atoms with Crippen molar-refractivity contribution in [1.29, 1.82) is 0 Å². The zero-order valence-electron chi connectivity index (χ0n) is 9.57. The Morgan fingerprint density at radius 3 is 2.71 bits per heavy atom. The van der Waals surface area contributed by atoms with E-state index in [1.54, 1.807) is 0 Å².